The van der Waals surface area contributed by atoms with Gasteiger partial charge in [-0.25, -0.2) is 0 Å². The average Bonchev–Trinajstić information content (AvgIpc) is 3.32. The Balaban J connectivity index is 0.000000321. The summed E-state index contributed by atoms with van der Waals surface area (Å²) in [5.41, 5.74) is 0. The molecule has 2 aromatic rings. The molecule has 4 rings (SSSR count). The van der Waals surface area contributed by atoms with Crippen molar-refractivity contribution in [3.05, 3.63) is 42.7 Å². The third-order valence-corrected chi connectivity index (χ3v) is 4.83. The molecule has 2 atom stereocenters. The van der Waals surface area contributed by atoms with E-state index in [1.165, 1.54) is 21.5 Å². The number of ether oxygens (including phenoxy) is 4. The first-order valence-electron chi connectivity index (χ1n) is 9.47. The summed E-state index contributed by atoms with van der Waals surface area (Å²) in [5, 5.41) is 29.1. The van der Waals surface area contributed by atoms with Crippen LogP contribution in [-0.2, 0) is 32.0 Å². The van der Waals surface area contributed by atoms with Gasteiger partial charge in [0.25, 0.3) is 0 Å². The van der Waals surface area contributed by atoms with E-state index in [1.54, 1.807) is 0 Å². The van der Waals surface area contributed by atoms with Gasteiger partial charge < -0.3 is 39.2 Å². The molecule has 2 aliphatic rings. The van der Waals surface area contributed by atoms with E-state index in [9.17, 15) is 20.2 Å². The molecule has 0 spiro atoms. The van der Waals surface area contributed by atoms with Crippen molar-refractivity contribution >= 4 is 61.8 Å². The fraction of sp³-hybridized carbons (Fsp3) is 0.625. The molecule has 2 fully saturated rings. The minimum atomic E-state index is -0.583. The standard InChI is InChI=1S/2C8H10ClN3O4.2H2S/c9-7-3-8(12(13)14)10-11(7)4-6-5-15-1-2-16-6;9-7-3-8(12(13)14)11(10-7)4-6-5-15-1-2-16-6;;/h2*3,6H,1-2,4-5H2;2*1H2/t2*6-;;/m00../s1. The summed E-state index contributed by atoms with van der Waals surface area (Å²) in [7, 11) is 0. The summed E-state index contributed by atoms with van der Waals surface area (Å²) in [6.07, 6.45) is -0.380. The number of hydrogen-bond acceptors (Lipinski definition) is 10. The van der Waals surface area contributed by atoms with Crippen LogP contribution in [0.1, 0.15) is 0 Å². The van der Waals surface area contributed by atoms with Gasteiger partial charge in [0, 0.05) is 0 Å². The smallest absolute Gasteiger partial charge is 0.376 e. The monoisotopic (exact) mass is 562 g/mol. The SMILES string of the molecule is O=[N+]([O-])c1cc(Cl)n(C[C@H]2COCCO2)n1.O=[N+]([O-])c1cc(Cl)nn1C[C@H]1COCCO1.S.S. The summed E-state index contributed by atoms with van der Waals surface area (Å²) in [6, 6.07) is 2.43. The van der Waals surface area contributed by atoms with Crippen LogP contribution in [0.5, 0.6) is 0 Å². The van der Waals surface area contributed by atoms with Crippen molar-refractivity contribution < 1.29 is 28.8 Å². The highest BCUT2D eigenvalue weighted by Crippen LogP contribution is 2.19. The highest BCUT2D eigenvalue weighted by atomic mass is 35.5. The van der Waals surface area contributed by atoms with Crippen molar-refractivity contribution in [2.24, 2.45) is 0 Å². The quantitative estimate of drug-likeness (QED) is 0.376. The fourth-order valence-electron chi connectivity index (χ4n) is 2.93. The molecule has 192 valence electrons. The van der Waals surface area contributed by atoms with E-state index in [0.29, 0.717) is 46.2 Å². The van der Waals surface area contributed by atoms with E-state index in [4.69, 9.17) is 42.1 Å². The third kappa shape index (κ3) is 8.84. The van der Waals surface area contributed by atoms with Gasteiger partial charge in [0.1, 0.15) is 18.8 Å². The number of nitrogens with zero attached hydrogens (tertiary/aromatic N) is 6. The lowest BCUT2D eigenvalue weighted by Gasteiger charge is -2.21. The summed E-state index contributed by atoms with van der Waals surface area (Å²) >= 11 is 11.4. The van der Waals surface area contributed by atoms with Crippen LogP contribution in [0.3, 0.4) is 0 Å². The maximum atomic E-state index is 10.7. The predicted octanol–water partition coefficient (Wildman–Crippen LogP) is 1.95. The molecule has 0 unspecified atom stereocenters. The number of halogens is 2. The van der Waals surface area contributed by atoms with Crippen LogP contribution in [0.4, 0.5) is 11.6 Å². The number of rotatable bonds is 6. The molecular weight excluding hydrogens is 539 g/mol. The Morgan fingerprint density at radius 3 is 1.88 bits per heavy atom. The Morgan fingerprint density at radius 1 is 0.882 bits per heavy atom. The molecule has 0 amide bonds. The Kier molecular flexibility index (Phi) is 13.1. The molecule has 0 aliphatic carbocycles. The van der Waals surface area contributed by atoms with Crippen LogP contribution < -0.4 is 0 Å². The average molecular weight is 563 g/mol. The van der Waals surface area contributed by atoms with E-state index >= 15 is 0 Å². The normalized spacial score (nSPS) is 19.7. The van der Waals surface area contributed by atoms with Gasteiger partial charge in [-0.1, -0.05) is 28.3 Å². The van der Waals surface area contributed by atoms with Gasteiger partial charge in [-0.15, -0.1) is 4.68 Å². The first kappa shape index (κ1) is 30.4. The van der Waals surface area contributed by atoms with Crippen LogP contribution in [0.15, 0.2) is 12.1 Å². The van der Waals surface area contributed by atoms with Gasteiger partial charge in [-0.2, -0.15) is 31.7 Å². The highest BCUT2D eigenvalue weighted by Gasteiger charge is 2.24. The van der Waals surface area contributed by atoms with Gasteiger partial charge in [0.15, 0.2) is 10.3 Å². The maximum Gasteiger partial charge on any atom is 0.391 e. The molecule has 2 saturated heterocycles. The van der Waals surface area contributed by atoms with Gasteiger partial charge in [-0.05, 0) is 9.85 Å². The Bertz CT molecular complexity index is 937. The second-order valence-electron chi connectivity index (χ2n) is 6.66. The summed E-state index contributed by atoms with van der Waals surface area (Å²) in [6.45, 7) is 3.62. The maximum absolute atomic E-state index is 10.7. The molecule has 0 saturated carbocycles. The first-order chi connectivity index (χ1) is 15.3. The van der Waals surface area contributed by atoms with E-state index in [-0.39, 0.29) is 67.7 Å². The lowest BCUT2D eigenvalue weighted by atomic mass is 10.3. The van der Waals surface area contributed by atoms with Crippen molar-refractivity contribution in [1.29, 1.82) is 0 Å². The molecular formula is C16H24Cl2N6O8S2. The van der Waals surface area contributed by atoms with E-state index in [1.807, 2.05) is 0 Å². The second-order valence-corrected chi connectivity index (χ2v) is 7.44. The lowest BCUT2D eigenvalue weighted by molar-refractivity contribution is -0.393. The van der Waals surface area contributed by atoms with E-state index < -0.39 is 9.85 Å². The van der Waals surface area contributed by atoms with Crippen LogP contribution in [0.2, 0.25) is 10.3 Å². The van der Waals surface area contributed by atoms with Crippen molar-refractivity contribution in [3.8, 4) is 0 Å². The third-order valence-electron chi connectivity index (χ3n) is 4.34. The molecule has 18 heteroatoms. The summed E-state index contributed by atoms with van der Waals surface area (Å²) in [5.74, 6) is -0.402. The van der Waals surface area contributed by atoms with Crippen molar-refractivity contribution in [1.82, 2.24) is 19.6 Å². The van der Waals surface area contributed by atoms with Gasteiger partial charge in [-0.3, -0.25) is 0 Å². The summed E-state index contributed by atoms with van der Waals surface area (Å²) < 4.78 is 23.7. The minimum absolute atomic E-state index is 0. The largest absolute Gasteiger partial charge is 0.391 e. The van der Waals surface area contributed by atoms with Crippen LogP contribution in [-0.4, -0.2) is 81.3 Å². The number of aromatic nitrogens is 4. The van der Waals surface area contributed by atoms with Gasteiger partial charge in [0.2, 0.25) is 0 Å². The zero-order valence-corrected chi connectivity index (χ0v) is 21.2. The Morgan fingerprint density at radius 2 is 1.44 bits per heavy atom. The van der Waals surface area contributed by atoms with Crippen LogP contribution in [0.25, 0.3) is 0 Å². The zero-order valence-electron chi connectivity index (χ0n) is 17.7. The van der Waals surface area contributed by atoms with Crippen molar-refractivity contribution in [2.75, 3.05) is 39.6 Å². The summed E-state index contributed by atoms with van der Waals surface area (Å²) in [4.78, 5) is 20.1. The molecule has 0 bridgehead atoms. The predicted molar refractivity (Wildman–Crippen MR) is 130 cm³/mol. The van der Waals surface area contributed by atoms with Crippen LogP contribution in [0, 0.1) is 20.2 Å². The molecule has 2 aromatic heterocycles. The zero-order chi connectivity index (χ0) is 23.1. The fourth-order valence-corrected chi connectivity index (χ4v) is 3.32. The number of hydrogen-bond donors (Lipinski definition) is 0. The van der Waals surface area contributed by atoms with E-state index in [0.717, 1.165) is 0 Å². The number of nitro groups is 2. The Labute approximate surface area is 217 Å². The topological polar surface area (TPSA) is 159 Å². The molecule has 34 heavy (non-hydrogen) atoms. The molecule has 0 N–H and O–H groups in total. The van der Waals surface area contributed by atoms with Gasteiger partial charge >= 0.3 is 11.6 Å². The molecule has 0 radical (unpaired) electrons. The van der Waals surface area contributed by atoms with E-state index in [2.05, 4.69) is 10.2 Å². The van der Waals surface area contributed by atoms with Crippen LogP contribution >= 0.6 is 50.2 Å². The lowest BCUT2D eigenvalue weighted by Crippen LogP contribution is -2.32. The van der Waals surface area contributed by atoms with Gasteiger partial charge in [0.05, 0.1) is 63.4 Å². The first-order valence-corrected chi connectivity index (χ1v) is 10.2. The van der Waals surface area contributed by atoms with Crippen molar-refractivity contribution in [3.63, 3.8) is 0 Å². The molecule has 14 nitrogen and oxygen atoms in total. The highest BCUT2D eigenvalue weighted by molar-refractivity contribution is 7.59. The minimum Gasteiger partial charge on any atom is -0.376 e. The molecule has 0 aromatic carbocycles. The van der Waals surface area contributed by atoms with Crippen molar-refractivity contribution in [2.45, 2.75) is 25.3 Å². The Hall–Kier alpha value is -1.66. The second kappa shape index (κ2) is 14.7. The molecule has 2 aliphatic heterocycles. The molecule has 4 heterocycles.